The van der Waals surface area contributed by atoms with E-state index < -0.39 is 0 Å². The Hall–Kier alpha value is -0.570. The molecule has 1 aromatic heterocycles. The Morgan fingerprint density at radius 2 is 2.32 bits per heavy atom. The van der Waals surface area contributed by atoms with E-state index in [9.17, 15) is 0 Å². The van der Waals surface area contributed by atoms with Gasteiger partial charge in [-0.25, -0.2) is 4.98 Å². The zero-order valence-electron chi connectivity index (χ0n) is 11.4. The molecular formula is C14H20BrN3S. The lowest BCUT2D eigenvalue weighted by molar-refractivity contribution is 0.415. The summed E-state index contributed by atoms with van der Waals surface area (Å²) in [6.07, 6.45) is 4.84. The van der Waals surface area contributed by atoms with Crippen LogP contribution in [0.25, 0.3) is 0 Å². The van der Waals surface area contributed by atoms with Crippen molar-refractivity contribution in [3.63, 3.8) is 0 Å². The number of nitriles is 1. The molecule has 0 fully saturated rings. The van der Waals surface area contributed by atoms with E-state index in [1.54, 1.807) is 11.8 Å². The molecule has 0 bridgehead atoms. The van der Waals surface area contributed by atoms with Crippen LogP contribution in [0.2, 0.25) is 0 Å². The average Bonchev–Trinajstić information content (AvgIpc) is 2.41. The third kappa shape index (κ3) is 5.94. The summed E-state index contributed by atoms with van der Waals surface area (Å²) < 4.78 is 1.05. The summed E-state index contributed by atoms with van der Waals surface area (Å²) in [5, 5.41) is 13.4. The molecule has 1 unspecified atom stereocenters. The molecule has 0 aliphatic rings. The van der Waals surface area contributed by atoms with E-state index in [0.29, 0.717) is 0 Å². The van der Waals surface area contributed by atoms with Crippen molar-refractivity contribution >= 4 is 27.7 Å². The number of aromatic nitrogens is 1. The van der Waals surface area contributed by atoms with Crippen LogP contribution in [0.1, 0.15) is 33.1 Å². The van der Waals surface area contributed by atoms with Gasteiger partial charge in [0.05, 0.1) is 6.07 Å². The molecule has 0 aromatic carbocycles. The third-order valence-corrected chi connectivity index (χ3v) is 4.84. The SMILES string of the molecule is CCNC(C)(C#N)CCCCSc1ncccc1Br. The maximum absolute atomic E-state index is 9.15. The minimum Gasteiger partial charge on any atom is -0.300 e. The highest BCUT2D eigenvalue weighted by atomic mass is 79.9. The van der Waals surface area contributed by atoms with Crippen LogP contribution in [-0.2, 0) is 0 Å². The second-order valence-corrected chi connectivity index (χ2v) is 6.51. The second kappa shape index (κ2) is 8.57. The topological polar surface area (TPSA) is 48.7 Å². The van der Waals surface area contributed by atoms with Crippen molar-refractivity contribution in [2.24, 2.45) is 0 Å². The molecule has 0 aliphatic heterocycles. The van der Waals surface area contributed by atoms with Crippen LogP contribution in [0.4, 0.5) is 0 Å². The van der Waals surface area contributed by atoms with Crippen molar-refractivity contribution in [2.75, 3.05) is 12.3 Å². The number of nitrogens with zero attached hydrogens (tertiary/aromatic N) is 2. The van der Waals surface area contributed by atoms with Crippen LogP contribution < -0.4 is 5.32 Å². The van der Waals surface area contributed by atoms with Crippen LogP contribution in [0.3, 0.4) is 0 Å². The van der Waals surface area contributed by atoms with Crippen molar-refractivity contribution in [1.29, 1.82) is 5.26 Å². The van der Waals surface area contributed by atoms with Crippen molar-refractivity contribution in [1.82, 2.24) is 10.3 Å². The molecule has 1 rings (SSSR count). The Balaban J connectivity index is 2.25. The van der Waals surface area contributed by atoms with Gasteiger partial charge < -0.3 is 0 Å². The second-order valence-electron chi connectivity index (χ2n) is 4.57. The number of pyridine rings is 1. The monoisotopic (exact) mass is 341 g/mol. The number of unbranched alkanes of at least 4 members (excludes halogenated alkanes) is 1. The zero-order chi connectivity index (χ0) is 14.1. The highest BCUT2D eigenvalue weighted by Crippen LogP contribution is 2.25. The van der Waals surface area contributed by atoms with Gasteiger partial charge in [-0.15, -0.1) is 11.8 Å². The molecule has 5 heteroatoms. The van der Waals surface area contributed by atoms with Crippen LogP contribution in [0.5, 0.6) is 0 Å². The summed E-state index contributed by atoms with van der Waals surface area (Å²) in [5.41, 5.74) is -0.384. The van der Waals surface area contributed by atoms with Crippen LogP contribution in [0, 0.1) is 11.3 Å². The Labute approximate surface area is 128 Å². The lowest BCUT2D eigenvalue weighted by atomic mass is 9.97. The van der Waals surface area contributed by atoms with Crippen LogP contribution >= 0.6 is 27.7 Å². The largest absolute Gasteiger partial charge is 0.300 e. The quantitative estimate of drug-likeness (QED) is 0.573. The highest BCUT2D eigenvalue weighted by Gasteiger charge is 2.21. The zero-order valence-corrected chi connectivity index (χ0v) is 13.9. The molecule has 0 saturated heterocycles. The van der Waals surface area contributed by atoms with E-state index in [1.165, 1.54) is 0 Å². The lowest BCUT2D eigenvalue weighted by Crippen LogP contribution is -2.40. The highest BCUT2D eigenvalue weighted by molar-refractivity contribution is 9.10. The molecule has 0 spiro atoms. The Morgan fingerprint density at radius 3 is 2.95 bits per heavy atom. The first-order chi connectivity index (χ1) is 9.11. The maximum Gasteiger partial charge on any atom is 0.110 e. The minimum absolute atomic E-state index is 0.384. The van der Waals surface area contributed by atoms with Gasteiger partial charge in [-0.1, -0.05) is 6.92 Å². The van der Waals surface area contributed by atoms with Crippen molar-refractivity contribution in [2.45, 2.75) is 43.7 Å². The van der Waals surface area contributed by atoms with Gasteiger partial charge in [0.1, 0.15) is 10.6 Å². The summed E-state index contributed by atoms with van der Waals surface area (Å²) in [7, 11) is 0. The van der Waals surface area contributed by atoms with Crippen molar-refractivity contribution in [3.05, 3.63) is 22.8 Å². The van der Waals surface area contributed by atoms with E-state index in [-0.39, 0.29) is 5.54 Å². The number of nitrogens with one attached hydrogen (secondary N) is 1. The predicted molar refractivity (Wildman–Crippen MR) is 84.2 cm³/mol. The Bertz CT molecular complexity index is 433. The van der Waals surface area contributed by atoms with Crippen LogP contribution in [0.15, 0.2) is 27.8 Å². The Kier molecular flexibility index (Phi) is 7.44. The summed E-state index contributed by atoms with van der Waals surface area (Å²) in [4.78, 5) is 4.32. The molecule has 1 aromatic rings. The first kappa shape index (κ1) is 16.5. The number of halogens is 1. The molecular weight excluding hydrogens is 322 g/mol. The van der Waals surface area contributed by atoms with Crippen molar-refractivity contribution in [3.8, 4) is 6.07 Å². The molecule has 1 atom stereocenters. The van der Waals surface area contributed by atoms with E-state index in [1.807, 2.05) is 32.2 Å². The third-order valence-electron chi connectivity index (χ3n) is 2.85. The van der Waals surface area contributed by atoms with E-state index in [0.717, 1.165) is 41.1 Å². The van der Waals surface area contributed by atoms with E-state index in [2.05, 4.69) is 32.3 Å². The molecule has 3 nitrogen and oxygen atoms in total. The van der Waals surface area contributed by atoms with Gasteiger partial charge in [0.25, 0.3) is 0 Å². The predicted octanol–water partition coefficient (Wildman–Crippen LogP) is 4.00. The smallest absolute Gasteiger partial charge is 0.110 e. The van der Waals surface area contributed by atoms with Gasteiger partial charge in [-0.05, 0) is 66.5 Å². The molecule has 0 saturated carbocycles. The summed E-state index contributed by atoms with van der Waals surface area (Å²) in [6, 6.07) is 6.29. The van der Waals surface area contributed by atoms with Crippen molar-refractivity contribution < 1.29 is 0 Å². The van der Waals surface area contributed by atoms with Gasteiger partial charge in [0.15, 0.2) is 0 Å². The summed E-state index contributed by atoms with van der Waals surface area (Å²) in [5.74, 6) is 1.03. The van der Waals surface area contributed by atoms with Crippen LogP contribution in [-0.4, -0.2) is 22.8 Å². The van der Waals surface area contributed by atoms with E-state index >= 15 is 0 Å². The molecule has 0 aliphatic carbocycles. The number of hydrogen-bond acceptors (Lipinski definition) is 4. The maximum atomic E-state index is 9.15. The fourth-order valence-electron chi connectivity index (χ4n) is 1.80. The molecule has 0 radical (unpaired) electrons. The van der Waals surface area contributed by atoms with Gasteiger partial charge in [0, 0.05) is 10.7 Å². The fraction of sp³-hybridized carbons (Fsp3) is 0.571. The minimum atomic E-state index is -0.384. The first-order valence-electron chi connectivity index (χ1n) is 6.51. The molecule has 1 heterocycles. The van der Waals surface area contributed by atoms with Gasteiger partial charge in [-0.3, -0.25) is 5.32 Å². The summed E-state index contributed by atoms with van der Waals surface area (Å²) in [6.45, 7) is 4.84. The lowest BCUT2D eigenvalue weighted by Gasteiger charge is -2.22. The molecule has 104 valence electrons. The number of hydrogen-bond donors (Lipinski definition) is 1. The standard InChI is InChI=1S/C14H20BrN3S/c1-3-18-14(2,11-16)8-4-5-10-19-13-12(15)7-6-9-17-13/h6-7,9,18H,3-5,8,10H2,1-2H3. The molecule has 0 amide bonds. The van der Waals surface area contributed by atoms with E-state index in [4.69, 9.17) is 5.26 Å². The molecule has 1 N–H and O–H groups in total. The number of thioether (sulfide) groups is 1. The average molecular weight is 342 g/mol. The van der Waals surface area contributed by atoms with Gasteiger partial charge >= 0.3 is 0 Å². The number of rotatable bonds is 8. The van der Waals surface area contributed by atoms with Gasteiger partial charge in [0.2, 0.25) is 0 Å². The normalized spacial score (nSPS) is 13.8. The Morgan fingerprint density at radius 1 is 1.53 bits per heavy atom. The fourth-order valence-corrected chi connectivity index (χ4v) is 3.28. The summed E-state index contributed by atoms with van der Waals surface area (Å²) >= 11 is 5.25. The first-order valence-corrected chi connectivity index (χ1v) is 8.29. The van der Waals surface area contributed by atoms with Gasteiger partial charge in [-0.2, -0.15) is 5.26 Å². The molecule has 19 heavy (non-hydrogen) atoms.